The molecule has 322 valence electrons. The standard InChI is InChI=1S/C45H52FN6O8P/c1-7-43(54)31(4)44(46,28-58-61(6,55)51-30(3)40(53)59-36-22-16-11-17-23-36)60-41(43)52-29-47-37-38(52)48-42(49-39(37)57-8-2)50-45(32-18-12-9-13-19-32,33-20-14-10-15-21-33)34-24-26-35(56-5)27-25-34/h1,9-10,12-15,18-21,24-27,29-31,36,41,54H,8,11,16-17,22-23,28H2,2-6H3,(H,51,55)(H,48,49,50)/t30-,31-,41+,43+,44+,61?/m0/s1. The van der Waals surface area contributed by atoms with Crippen molar-refractivity contribution < 1.29 is 42.3 Å². The summed E-state index contributed by atoms with van der Waals surface area (Å²) >= 11 is 0. The highest BCUT2D eigenvalue weighted by atomic mass is 31.2. The number of aliphatic hydroxyl groups is 1. The fourth-order valence-corrected chi connectivity index (χ4v) is 9.41. The molecule has 2 aliphatic rings. The molecule has 3 heterocycles. The number of esters is 1. The van der Waals surface area contributed by atoms with Crippen molar-refractivity contribution in [2.45, 2.75) is 88.2 Å². The van der Waals surface area contributed by atoms with Gasteiger partial charge in [0, 0.05) is 6.66 Å². The summed E-state index contributed by atoms with van der Waals surface area (Å²) in [5.74, 6) is -1.57. The molecule has 2 aromatic heterocycles. The van der Waals surface area contributed by atoms with Crippen LogP contribution in [0, 0.1) is 18.3 Å². The topological polar surface area (TPSA) is 168 Å². The Balaban J connectivity index is 1.23. The van der Waals surface area contributed by atoms with Crippen molar-refractivity contribution in [2.24, 2.45) is 5.92 Å². The number of carbonyl (C=O) groups is 1. The van der Waals surface area contributed by atoms with E-state index in [9.17, 15) is 14.5 Å². The number of anilines is 1. The van der Waals surface area contributed by atoms with Gasteiger partial charge in [0.2, 0.25) is 17.7 Å². The fourth-order valence-electron chi connectivity index (χ4n) is 8.10. The molecule has 5 aromatic rings. The van der Waals surface area contributed by atoms with E-state index >= 15 is 4.39 Å². The largest absolute Gasteiger partial charge is 0.497 e. The van der Waals surface area contributed by atoms with Crippen LogP contribution >= 0.6 is 7.52 Å². The van der Waals surface area contributed by atoms with Crippen LogP contribution < -0.4 is 19.9 Å². The number of hydrogen-bond acceptors (Lipinski definition) is 12. The summed E-state index contributed by atoms with van der Waals surface area (Å²) in [5.41, 5.74) is -0.536. The molecule has 3 aromatic carbocycles. The zero-order chi connectivity index (χ0) is 43.4. The first-order valence-corrected chi connectivity index (χ1v) is 22.5. The maximum absolute atomic E-state index is 17.1. The number of carbonyl (C=O) groups excluding carboxylic acids is 1. The predicted octanol–water partition coefficient (Wildman–Crippen LogP) is 7.53. The number of alkyl halides is 1. The van der Waals surface area contributed by atoms with Gasteiger partial charge in [0.15, 0.2) is 23.0 Å². The maximum Gasteiger partial charge on any atom is 0.323 e. The molecule has 61 heavy (non-hydrogen) atoms. The van der Waals surface area contributed by atoms with E-state index < -0.39 is 55.3 Å². The number of terminal acetylenes is 1. The average molecular weight is 855 g/mol. The van der Waals surface area contributed by atoms with Crippen LogP contribution in [0.2, 0.25) is 0 Å². The first-order valence-electron chi connectivity index (χ1n) is 20.4. The molecule has 1 aliphatic carbocycles. The number of imidazole rings is 1. The lowest BCUT2D eigenvalue weighted by Gasteiger charge is -2.37. The quantitative estimate of drug-likeness (QED) is 0.0386. The Kier molecular flexibility index (Phi) is 12.9. The van der Waals surface area contributed by atoms with Crippen molar-refractivity contribution in [3.05, 3.63) is 108 Å². The minimum Gasteiger partial charge on any atom is -0.497 e. The Labute approximate surface area is 355 Å². The van der Waals surface area contributed by atoms with E-state index in [-0.39, 0.29) is 35.7 Å². The van der Waals surface area contributed by atoms with Crippen molar-refractivity contribution in [1.82, 2.24) is 24.6 Å². The highest BCUT2D eigenvalue weighted by molar-refractivity contribution is 7.56. The maximum atomic E-state index is 17.1. The predicted molar refractivity (Wildman–Crippen MR) is 228 cm³/mol. The van der Waals surface area contributed by atoms with E-state index in [1.807, 2.05) is 84.9 Å². The van der Waals surface area contributed by atoms with Gasteiger partial charge in [-0.05, 0) is 68.4 Å². The molecule has 2 fully saturated rings. The minimum absolute atomic E-state index is 0.0977. The molecule has 1 saturated heterocycles. The summed E-state index contributed by atoms with van der Waals surface area (Å²) in [6, 6.07) is 26.2. The third-order valence-corrected chi connectivity index (χ3v) is 13.0. The van der Waals surface area contributed by atoms with Crippen LogP contribution in [0.3, 0.4) is 0 Å². The highest BCUT2D eigenvalue weighted by Crippen LogP contribution is 2.52. The number of halogens is 1. The van der Waals surface area contributed by atoms with Crippen LogP contribution in [0.4, 0.5) is 10.3 Å². The van der Waals surface area contributed by atoms with E-state index in [1.165, 1.54) is 31.4 Å². The molecule has 0 bridgehead atoms. The average Bonchev–Trinajstić information content (AvgIpc) is 3.79. The molecule has 3 N–H and O–H groups in total. The second-order valence-electron chi connectivity index (χ2n) is 15.6. The molecule has 1 unspecified atom stereocenters. The molecule has 0 spiro atoms. The second-order valence-corrected chi connectivity index (χ2v) is 17.8. The molecule has 1 saturated carbocycles. The number of nitrogens with one attached hydrogen (secondary N) is 2. The van der Waals surface area contributed by atoms with Crippen LogP contribution in [-0.4, -0.2) is 81.2 Å². The Morgan fingerprint density at radius 2 is 1.67 bits per heavy atom. The summed E-state index contributed by atoms with van der Waals surface area (Å²) < 4.78 is 60.8. The van der Waals surface area contributed by atoms with E-state index in [4.69, 9.17) is 39.9 Å². The Morgan fingerprint density at radius 3 is 2.26 bits per heavy atom. The van der Waals surface area contributed by atoms with Gasteiger partial charge in [-0.3, -0.25) is 13.9 Å². The Bertz CT molecular complexity index is 2350. The SMILES string of the molecule is C#C[C@]1(O)[C@H](n2cnc3c(OCC)nc(NC(c4ccccc4)(c4ccccc4)c4ccc(OC)cc4)nc32)O[C@](F)(COP(C)(=O)N[C@@H](C)C(=O)OC2CCCCC2)[C@H]1C. The van der Waals surface area contributed by atoms with Crippen molar-refractivity contribution >= 4 is 30.6 Å². The van der Waals surface area contributed by atoms with E-state index in [0.717, 1.165) is 48.8 Å². The molecule has 7 rings (SSSR count). The van der Waals surface area contributed by atoms with Gasteiger partial charge in [-0.15, -0.1) is 6.42 Å². The van der Waals surface area contributed by atoms with E-state index in [0.29, 0.717) is 5.75 Å². The third-order valence-electron chi connectivity index (χ3n) is 11.5. The molecule has 6 atom stereocenters. The van der Waals surface area contributed by atoms with Crippen LogP contribution in [0.15, 0.2) is 91.3 Å². The van der Waals surface area contributed by atoms with Crippen LogP contribution in [0.25, 0.3) is 11.2 Å². The molecule has 0 radical (unpaired) electrons. The first-order chi connectivity index (χ1) is 29.3. The lowest BCUT2D eigenvalue weighted by Crippen LogP contribution is -2.44. The monoisotopic (exact) mass is 854 g/mol. The lowest BCUT2D eigenvalue weighted by molar-refractivity contribution is -0.187. The number of fused-ring (bicyclic) bond motifs is 1. The number of benzene rings is 3. The Morgan fingerprint density at radius 1 is 1.05 bits per heavy atom. The van der Waals surface area contributed by atoms with Gasteiger partial charge in [-0.25, -0.2) is 14.5 Å². The third kappa shape index (κ3) is 8.74. The van der Waals surface area contributed by atoms with Crippen molar-refractivity contribution in [2.75, 3.05) is 32.3 Å². The minimum atomic E-state index is -3.84. The molecular weight excluding hydrogens is 803 g/mol. The van der Waals surface area contributed by atoms with Gasteiger partial charge in [0.05, 0.1) is 26.0 Å². The summed E-state index contributed by atoms with van der Waals surface area (Å²) in [7, 11) is -2.24. The molecule has 16 heteroatoms. The fraction of sp³-hybridized carbons (Fsp3) is 0.422. The van der Waals surface area contributed by atoms with Crippen LogP contribution in [0.5, 0.6) is 11.6 Å². The molecule has 1 aliphatic heterocycles. The van der Waals surface area contributed by atoms with Gasteiger partial charge in [-0.1, -0.05) is 92.1 Å². The number of aromatic nitrogens is 4. The smallest absolute Gasteiger partial charge is 0.323 e. The van der Waals surface area contributed by atoms with Gasteiger partial charge in [0.1, 0.15) is 30.0 Å². The number of hydrogen-bond donors (Lipinski definition) is 3. The van der Waals surface area contributed by atoms with Crippen molar-refractivity contribution in [3.8, 4) is 24.0 Å². The second kappa shape index (κ2) is 17.9. The lowest BCUT2D eigenvalue weighted by atomic mass is 9.77. The summed E-state index contributed by atoms with van der Waals surface area (Å²) in [6.07, 6.45) is 10.0. The van der Waals surface area contributed by atoms with Crippen molar-refractivity contribution in [1.29, 1.82) is 0 Å². The number of nitrogens with zero attached hydrogens (tertiary/aromatic N) is 4. The van der Waals surface area contributed by atoms with Crippen molar-refractivity contribution in [3.63, 3.8) is 0 Å². The van der Waals surface area contributed by atoms with Gasteiger partial charge in [0.25, 0.3) is 7.52 Å². The molecular formula is C45H52FN6O8P. The summed E-state index contributed by atoms with van der Waals surface area (Å²) in [6.45, 7) is 5.22. The summed E-state index contributed by atoms with van der Waals surface area (Å²) in [5, 5.41) is 18.3. The highest BCUT2D eigenvalue weighted by Gasteiger charge is 2.63. The number of ether oxygens (including phenoxy) is 4. The summed E-state index contributed by atoms with van der Waals surface area (Å²) in [4.78, 5) is 27.1. The zero-order valence-corrected chi connectivity index (χ0v) is 35.8. The van der Waals surface area contributed by atoms with E-state index in [2.05, 4.69) is 21.3 Å². The van der Waals surface area contributed by atoms with Gasteiger partial charge >= 0.3 is 5.97 Å². The first kappa shape index (κ1) is 43.7. The molecule has 0 amide bonds. The van der Waals surface area contributed by atoms with E-state index in [1.54, 1.807) is 14.0 Å². The normalized spacial score (nSPS) is 23.4. The Hall–Kier alpha value is -5.36. The van der Waals surface area contributed by atoms with Gasteiger partial charge in [-0.2, -0.15) is 9.97 Å². The number of methoxy groups -OCH3 is 1. The zero-order valence-electron chi connectivity index (χ0n) is 34.9. The van der Waals surface area contributed by atoms with Crippen LogP contribution in [0.1, 0.15) is 75.8 Å². The van der Waals surface area contributed by atoms with Crippen LogP contribution in [-0.2, 0) is 28.9 Å². The molecule has 14 nitrogen and oxygen atoms in total. The van der Waals surface area contributed by atoms with Gasteiger partial charge < -0.3 is 33.9 Å². The number of rotatable bonds is 16.